The highest BCUT2D eigenvalue weighted by Crippen LogP contribution is 2.57. The van der Waals surface area contributed by atoms with Crippen LogP contribution >= 0.6 is 0 Å². The summed E-state index contributed by atoms with van der Waals surface area (Å²) >= 11 is 0. The number of halogens is 9. The maximum atomic E-state index is 16.1. The van der Waals surface area contributed by atoms with Crippen molar-refractivity contribution in [3.05, 3.63) is 64.5 Å². The van der Waals surface area contributed by atoms with Crippen molar-refractivity contribution < 1.29 is 62.6 Å². The molecule has 1 saturated heterocycles. The number of hydrogen-bond donors (Lipinski definition) is 1. The van der Waals surface area contributed by atoms with E-state index in [1.165, 1.54) is 6.92 Å². The van der Waals surface area contributed by atoms with Gasteiger partial charge in [-0.25, -0.2) is 21.6 Å². The molecule has 2 unspecified atom stereocenters. The quantitative estimate of drug-likeness (QED) is 0.282. The second-order valence-corrected chi connectivity index (χ2v) is 14.4. The van der Waals surface area contributed by atoms with Gasteiger partial charge in [0.2, 0.25) is 0 Å². The van der Waals surface area contributed by atoms with Crippen LogP contribution in [0.5, 0.6) is 0 Å². The number of sulfone groups is 1. The Labute approximate surface area is 257 Å². The Bertz CT molecular complexity index is 1670. The molecule has 0 bridgehead atoms. The Balaban J connectivity index is 1.66. The highest BCUT2D eigenvalue weighted by molar-refractivity contribution is 7.92. The first-order chi connectivity index (χ1) is 21.1. The van der Waals surface area contributed by atoms with Crippen molar-refractivity contribution in [1.82, 2.24) is 4.90 Å². The molecular formula is C30H28F9NO5S. The smallest absolute Gasteiger partial charge is 0.435 e. The number of nitrogens with zero attached hydrogens (tertiary/aromatic N) is 1. The molecule has 3 aliphatic rings. The van der Waals surface area contributed by atoms with Gasteiger partial charge in [0.25, 0.3) is 5.91 Å². The van der Waals surface area contributed by atoms with Crippen molar-refractivity contribution in [2.24, 2.45) is 5.92 Å². The molecule has 2 aromatic rings. The molecule has 1 saturated carbocycles. The van der Waals surface area contributed by atoms with Gasteiger partial charge in [-0.2, -0.15) is 26.3 Å². The third kappa shape index (κ3) is 4.88. The van der Waals surface area contributed by atoms with Gasteiger partial charge in [-0.1, -0.05) is 18.2 Å². The number of benzene rings is 2. The molecule has 0 spiro atoms. The number of aliphatic carboxylic acids is 1. The van der Waals surface area contributed by atoms with Crippen LogP contribution in [0.1, 0.15) is 60.8 Å². The van der Waals surface area contributed by atoms with E-state index in [0.29, 0.717) is 12.1 Å². The maximum absolute atomic E-state index is 16.1. The van der Waals surface area contributed by atoms with Gasteiger partial charge in [0, 0.05) is 12.1 Å². The zero-order valence-corrected chi connectivity index (χ0v) is 24.9. The number of carboxylic acids is 1. The van der Waals surface area contributed by atoms with E-state index in [9.17, 15) is 53.8 Å². The number of alkyl halides is 8. The van der Waals surface area contributed by atoms with Crippen molar-refractivity contribution in [2.45, 2.75) is 91.2 Å². The number of hydrogen-bond acceptors (Lipinski definition) is 4. The number of fused-ring (bicyclic) bond motifs is 3. The van der Waals surface area contributed by atoms with Crippen molar-refractivity contribution in [2.75, 3.05) is 6.54 Å². The lowest BCUT2D eigenvalue weighted by atomic mass is 9.76. The van der Waals surface area contributed by atoms with Crippen LogP contribution in [0.2, 0.25) is 0 Å². The lowest BCUT2D eigenvalue weighted by Gasteiger charge is -2.44. The first kappa shape index (κ1) is 34.0. The summed E-state index contributed by atoms with van der Waals surface area (Å²) < 4.78 is 154. The van der Waals surface area contributed by atoms with E-state index in [-0.39, 0.29) is 55.0 Å². The summed E-state index contributed by atoms with van der Waals surface area (Å²) in [7, 11) is -4.75. The second kappa shape index (κ2) is 10.9. The van der Waals surface area contributed by atoms with Gasteiger partial charge in [-0.15, -0.1) is 0 Å². The lowest BCUT2D eigenvalue weighted by Crippen LogP contribution is -2.56. The number of carbonyl (C=O) groups excluding carboxylic acids is 1. The van der Waals surface area contributed by atoms with E-state index in [4.69, 9.17) is 0 Å². The average Bonchev–Trinajstić information content (AvgIpc) is 3.38. The summed E-state index contributed by atoms with van der Waals surface area (Å²) in [5, 5.41) is 9.28. The van der Waals surface area contributed by atoms with Crippen LogP contribution < -0.4 is 0 Å². The summed E-state index contributed by atoms with van der Waals surface area (Å²) in [6.45, 7) is 0.890. The number of aryl methyl sites for hydroxylation is 2. The van der Waals surface area contributed by atoms with Gasteiger partial charge < -0.3 is 10.0 Å². The number of carboxylic acid groups (broad SMARTS) is 1. The molecular weight excluding hydrogens is 657 g/mol. The molecule has 1 N–H and O–H groups in total. The van der Waals surface area contributed by atoms with E-state index in [1.807, 2.05) is 0 Å². The number of likely N-dealkylation sites (tertiary alicyclic amines) is 1. The topological polar surface area (TPSA) is 91.8 Å². The van der Waals surface area contributed by atoms with Crippen LogP contribution in [0.3, 0.4) is 0 Å². The number of amides is 1. The maximum Gasteiger partial charge on any atom is 0.435 e. The molecule has 1 aliphatic heterocycles. The third-order valence-electron chi connectivity index (χ3n) is 9.76. The van der Waals surface area contributed by atoms with E-state index < -0.39 is 97.6 Å². The Morgan fingerprint density at radius 1 is 0.913 bits per heavy atom. The van der Waals surface area contributed by atoms with Crippen molar-refractivity contribution >= 4 is 21.7 Å². The predicted molar refractivity (Wildman–Crippen MR) is 143 cm³/mol. The number of carbonyl (C=O) groups is 2. The highest BCUT2D eigenvalue weighted by atomic mass is 32.2. The zero-order chi connectivity index (χ0) is 34.3. The summed E-state index contributed by atoms with van der Waals surface area (Å²) in [6, 6.07) is 2.64. The Morgan fingerprint density at radius 3 is 2.07 bits per heavy atom. The molecule has 0 radical (unpaired) electrons. The van der Waals surface area contributed by atoms with E-state index in [0.717, 1.165) is 23.1 Å². The first-order valence-electron chi connectivity index (χ1n) is 14.3. The van der Waals surface area contributed by atoms with Crippen molar-refractivity contribution in [3.63, 3.8) is 0 Å². The minimum absolute atomic E-state index is 0.0956. The van der Waals surface area contributed by atoms with Crippen LogP contribution in [0.25, 0.3) is 0 Å². The second-order valence-electron chi connectivity index (χ2n) is 12.2. The fourth-order valence-corrected chi connectivity index (χ4v) is 9.71. The highest BCUT2D eigenvalue weighted by Gasteiger charge is 2.74. The van der Waals surface area contributed by atoms with E-state index >= 15 is 8.78 Å². The molecule has 1 heterocycles. The van der Waals surface area contributed by atoms with Gasteiger partial charge in [0.1, 0.15) is 10.6 Å². The minimum Gasteiger partial charge on any atom is -0.481 e. The monoisotopic (exact) mass is 685 g/mol. The molecule has 252 valence electrons. The fourth-order valence-electron chi connectivity index (χ4n) is 7.26. The zero-order valence-electron chi connectivity index (χ0n) is 24.1. The first-order valence-corrected chi connectivity index (χ1v) is 15.8. The standard InChI is InChI=1S/C30H28F9NO5S/c1-16-14-20(4-6-22(16)31)46(44,45)27-12-13-40(25(43)26(32)10-8-17(9-11-26)24(41)42)23(27)7-2-18-15-19(3-5-21(18)27)28(33,29(34,35)36)30(37,38)39/h3-6,14-15,17,23H,2,7-13H2,1H3,(H,41,42)/t17-,23?,26+,27?. The molecule has 6 nitrogen and oxygen atoms in total. The Kier molecular flexibility index (Phi) is 8.05. The van der Waals surface area contributed by atoms with Crippen LogP contribution in [-0.4, -0.2) is 60.9 Å². The third-order valence-corrected chi connectivity index (χ3v) is 12.3. The molecule has 46 heavy (non-hydrogen) atoms. The average molecular weight is 686 g/mol. The van der Waals surface area contributed by atoms with E-state index in [2.05, 4.69) is 0 Å². The lowest BCUT2D eigenvalue weighted by molar-refractivity contribution is -0.348. The minimum atomic E-state index is -6.42. The van der Waals surface area contributed by atoms with Gasteiger partial charge in [0.15, 0.2) is 15.5 Å². The molecule has 5 rings (SSSR count). The largest absolute Gasteiger partial charge is 0.481 e. The predicted octanol–water partition coefficient (Wildman–Crippen LogP) is 6.62. The van der Waals surface area contributed by atoms with Crippen molar-refractivity contribution in [3.8, 4) is 0 Å². The van der Waals surface area contributed by atoms with Gasteiger partial charge >= 0.3 is 24.0 Å². The Morgan fingerprint density at radius 2 is 1.52 bits per heavy atom. The number of rotatable bonds is 5. The normalized spacial score (nSPS) is 27.2. The van der Waals surface area contributed by atoms with Gasteiger partial charge in [-0.3, -0.25) is 9.59 Å². The van der Waals surface area contributed by atoms with Crippen molar-refractivity contribution in [1.29, 1.82) is 0 Å². The summed E-state index contributed by atoms with van der Waals surface area (Å²) in [5.41, 5.74) is -10.8. The molecule has 1 amide bonds. The molecule has 2 aliphatic carbocycles. The fraction of sp³-hybridized carbons (Fsp3) is 0.533. The molecule has 16 heteroatoms. The van der Waals surface area contributed by atoms with Gasteiger partial charge in [-0.05, 0) is 86.8 Å². The summed E-state index contributed by atoms with van der Waals surface area (Å²) in [4.78, 5) is 25.6. The van der Waals surface area contributed by atoms with Crippen LogP contribution in [0.15, 0.2) is 41.3 Å². The molecule has 2 atom stereocenters. The molecule has 2 fully saturated rings. The summed E-state index contributed by atoms with van der Waals surface area (Å²) in [6.07, 6.45) is -15.3. The van der Waals surface area contributed by atoms with Gasteiger partial charge in [0.05, 0.1) is 16.9 Å². The summed E-state index contributed by atoms with van der Waals surface area (Å²) in [5.74, 6) is -3.92. The SMILES string of the molecule is Cc1cc(S(=O)(=O)C23CCN(C(=O)[C@]4(F)CC[C@@H](C(=O)O)CC4)C2CCc2cc(C(F)(C(F)(F)F)C(F)(F)F)ccc23)ccc1F. The molecule has 2 aromatic carbocycles. The van der Waals surface area contributed by atoms with Crippen LogP contribution in [-0.2, 0) is 36.3 Å². The Hall–Kier alpha value is -3.30. The van der Waals surface area contributed by atoms with Crippen LogP contribution in [0.4, 0.5) is 39.5 Å². The molecule has 0 aromatic heterocycles. The van der Waals surface area contributed by atoms with E-state index in [1.54, 1.807) is 0 Å². The van der Waals surface area contributed by atoms with Crippen LogP contribution in [0, 0.1) is 18.7 Å².